The normalized spacial score (nSPS) is 19.9. The Morgan fingerprint density at radius 2 is 1.79 bits per heavy atom. The summed E-state index contributed by atoms with van der Waals surface area (Å²) in [5.74, 6) is 1.06. The lowest BCUT2D eigenvalue weighted by molar-refractivity contribution is 0.639. The summed E-state index contributed by atoms with van der Waals surface area (Å²) in [5.41, 5.74) is 1.28. The second-order valence-electron chi connectivity index (χ2n) is 3.50. The van der Waals surface area contributed by atoms with Crippen molar-refractivity contribution in [3.05, 3.63) is 47.8 Å². The van der Waals surface area contributed by atoms with E-state index in [-0.39, 0.29) is 5.82 Å². The Bertz CT molecular complexity index is 489. The van der Waals surface area contributed by atoms with Gasteiger partial charge in [-0.1, -0.05) is 30.3 Å². The van der Waals surface area contributed by atoms with Crippen molar-refractivity contribution < 1.29 is 4.39 Å². The number of thioether (sulfide) groups is 1. The summed E-state index contributed by atoms with van der Waals surface area (Å²) in [6, 6.07) is 11.2. The van der Waals surface area contributed by atoms with Crippen LogP contribution in [0.25, 0.3) is 10.8 Å². The van der Waals surface area contributed by atoms with Crippen LogP contribution in [-0.2, 0) is 0 Å². The van der Waals surface area contributed by atoms with E-state index in [4.69, 9.17) is 0 Å². The lowest BCUT2D eigenvalue weighted by atomic mass is 10.0. The van der Waals surface area contributed by atoms with Gasteiger partial charge in [0.05, 0.1) is 0 Å². The Hall–Kier alpha value is -1.02. The molecule has 0 spiro atoms. The minimum atomic E-state index is -0.116. The predicted molar refractivity (Wildman–Crippen MR) is 59.1 cm³/mol. The molecule has 2 heteroatoms. The molecule has 0 amide bonds. The molecule has 1 fully saturated rings. The van der Waals surface area contributed by atoms with Crippen molar-refractivity contribution in [2.45, 2.75) is 5.25 Å². The van der Waals surface area contributed by atoms with Crippen molar-refractivity contribution in [2.24, 2.45) is 0 Å². The molecule has 0 N–H and O–H groups in total. The molecule has 1 atom stereocenters. The topological polar surface area (TPSA) is 0 Å². The fourth-order valence-corrected chi connectivity index (χ4v) is 2.45. The van der Waals surface area contributed by atoms with Crippen molar-refractivity contribution in [1.29, 1.82) is 0 Å². The Balaban J connectivity index is 2.35. The van der Waals surface area contributed by atoms with E-state index >= 15 is 0 Å². The van der Waals surface area contributed by atoms with Crippen LogP contribution < -0.4 is 0 Å². The highest BCUT2D eigenvalue weighted by Crippen LogP contribution is 2.48. The first-order valence-corrected chi connectivity index (χ1v) is 5.70. The number of hydrogen-bond donors (Lipinski definition) is 0. The van der Waals surface area contributed by atoms with E-state index in [9.17, 15) is 4.39 Å². The summed E-state index contributed by atoms with van der Waals surface area (Å²) < 4.78 is 13.4. The van der Waals surface area contributed by atoms with Crippen LogP contribution in [0.2, 0.25) is 0 Å². The summed E-state index contributed by atoms with van der Waals surface area (Å²) >= 11 is 1.92. The van der Waals surface area contributed by atoms with Gasteiger partial charge in [0.25, 0.3) is 0 Å². The summed E-state index contributed by atoms with van der Waals surface area (Å²) in [5, 5.41) is 2.42. The number of rotatable bonds is 1. The first-order chi connectivity index (χ1) is 6.86. The van der Waals surface area contributed by atoms with Crippen LogP contribution in [0.3, 0.4) is 0 Å². The van der Waals surface area contributed by atoms with Crippen molar-refractivity contribution >= 4 is 22.5 Å². The molecule has 0 bridgehead atoms. The highest BCUT2D eigenvalue weighted by Gasteiger charge is 2.26. The third kappa shape index (κ3) is 1.22. The number of hydrogen-bond acceptors (Lipinski definition) is 1. The second kappa shape index (κ2) is 2.99. The first kappa shape index (κ1) is 8.30. The van der Waals surface area contributed by atoms with Gasteiger partial charge in [-0.05, 0) is 17.0 Å². The van der Waals surface area contributed by atoms with Crippen LogP contribution in [0.15, 0.2) is 36.4 Å². The van der Waals surface area contributed by atoms with Crippen LogP contribution in [0.5, 0.6) is 0 Å². The van der Waals surface area contributed by atoms with E-state index in [2.05, 4.69) is 0 Å². The van der Waals surface area contributed by atoms with E-state index in [0.29, 0.717) is 5.25 Å². The van der Waals surface area contributed by atoms with Crippen molar-refractivity contribution in [2.75, 3.05) is 5.75 Å². The maximum atomic E-state index is 13.4. The molecule has 3 rings (SSSR count). The maximum Gasteiger partial charge on any atom is 0.131 e. The van der Waals surface area contributed by atoms with Crippen LogP contribution in [0.1, 0.15) is 10.8 Å². The van der Waals surface area contributed by atoms with Crippen LogP contribution in [-0.4, -0.2) is 5.75 Å². The highest BCUT2D eigenvalue weighted by atomic mass is 32.2. The number of fused-ring (bicyclic) bond motifs is 1. The zero-order chi connectivity index (χ0) is 9.54. The minimum Gasteiger partial charge on any atom is -0.206 e. The standard InChI is InChI=1S/C12H9FS/c13-11-6-5-10(12-7-14-12)8-3-1-2-4-9(8)11/h1-6,12H,7H2. The Morgan fingerprint density at radius 3 is 2.50 bits per heavy atom. The summed E-state index contributed by atoms with van der Waals surface area (Å²) in [6.07, 6.45) is 0. The number of halogens is 1. The second-order valence-corrected chi connectivity index (χ2v) is 4.74. The quantitative estimate of drug-likeness (QED) is 0.637. The van der Waals surface area contributed by atoms with Gasteiger partial charge in [0, 0.05) is 16.4 Å². The van der Waals surface area contributed by atoms with Gasteiger partial charge >= 0.3 is 0 Å². The molecule has 2 aromatic rings. The van der Waals surface area contributed by atoms with E-state index in [1.165, 1.54) is 11.3 Å². The lowest BCUT2D eigenvalue weighted by Gasteiger charge is -2.04. The molecule has 2 aromatic carbocycles. The van der Waals surface area contributed by atoms with E-state index in [0.717, 1.165) is 10.8 Å². The van der Waals surface area contributed by atoms with Gasteiger partial charge < -0.3 is 0 Å². The lowest BCUT2D eigenvalue weighted by Crippen LogP contribution is -1.86. The third-order valence-corrected chi connectivity index (χ3v) is 3.51. The molecule has 0 aliphatic carbocycles. The van der Waals surface area contributed by atoms with Crippen LogP contribution >= 0.6 is 11.8 Å². The van der Waals surface area contributed by atoms with Gasteiger partial charge in [-0.3, -0.25) is 0 Å². The molecule has 1 heterocycles. The average Bonchev–Trinajstić information content (AvgIpc) is 3.03. The van der Waals surface area contributed by atoms with E-state index in [1.807, 2.05) is 42.1 Å². The Labute approximate surface area is 86.1 Å². The zero-order valence-electron chi connectivity index (χ0n) is 7.53. The largest absolute Gasteiger partial charge is 0.206 e. The van der Waals surface area contributed by atoms with Crippen molar-refractivity contribution in [3.63, 3.8) is 0 Å². The molecule has 0 aromatic heterocycles. The van der Waals surface area contributed by atoms with Gasteiger partial charge in [0.1, 0.15) is 5.82 Å². The van der Waals surface area contributed by atoms with Crippen molar-refractivity contribution in [1.82, 2.24) is 0 Å². The third-order valence-electron chi connectivity index (χ3n) is 2.58. The maximum absolute atomic E-state index is 13.4. The predicted octanol–water partition coefficient (Wildman–Crippen LogP) is 3.77. The SMILES string of the molecule is Fc1ccc(C2CS2)c2ccccc12. The molecule has 0 nitrogen and oxygen atoms in total. The summed E-state index contributed by atoms with van der Waals surface area (Å²) in [6.45, 7) is 0. The zero-order valence-corrected chi connectivity index (χ0v) is 8.35. The number of benzene rings is 2. The monoisotopic (exact) mass is 204 g/mol. The Kier molecular flexibility index (Phi) is 1.77. The van der Waals surface area contributed by atoms with E-state index in [1.54, 1.807) is 6.07 Å². The van der Waals surface area contributed by atoms with E-state index < -0.39 is 0 Å². The molecule has 0 radical (unpaired) electrons. The fourth-order valence-electron chi connectivity index (χ4n) is 1.79. The first-order valence-electron chi connectivity index (χ1n) is 4.65. The smallest absolute Gasteiger partial charge is 0.131 e. The fraction of sp³-hybridized carbons (Fsp3) is 0.167. The summed E-state index contributed by atoms with van der Waals surface area (Å²) in [4.78, 5) is 0. The molecule has 1 aliphatic rings. The molecule has 14 heavy (non-hydrogen) atoms. The molecule has 1 saturated heterocycles. The highest BCUT2D eigenvalue weighted by molar-refractivity contribution is 8.06. The molecular weight excluding hydrogens is 195 g/mol. The Morgan fingerprint density at radius 1 is 1.07 bits per heavy atom. The molecule has 70 valence electrons. The van der Waals surface area contributed by atoms with Gasteiger partial charge in [0.2, 0.25) is 0 Å². The molecule has 1 aliphatic heterocycles. The van der Waals surface area contributed by atoms with Crippen LogP contribution in [0.4, 0.5) is 4.39 Å². The summed E-state index contributed by atoms with van der Waals surface area (Å²) in [7, 11) is 0. The molecule has 1 unspecified atom stereocenters. The van der Waals surface area contributed by atoms with Crippen molar-refractivity contribution in [3.8, 4) is 0 Å². The van der Waals surface area contributed by atoms with Gasteiger partial charge in [-0.2, -0.15) is 11.8 Å². The van der Waals surface area contributed by atoms with Gasteiger partial charge in [-0.25, -0.2) is 4.39 Å². The average molecular weight is 204 g/mol. The minimum absolute atomic E-state index is 0.116. The molecule has 0 saturated carbocycles. The van der Waals surface area contributed by atoms with Gasteiger partial charge in [-0.15, -0.1) is 0 Å². The molecular formula is C12H9FS. The van der Waals surface area contributed by atoms with Gasteiger partial charge in [0.15, 0.2) is 0 Å². The van der Waals surface area contributed by atoms with Crippen LogP contribution in [0, 0.1) is 5.82 Å².